The Morgan fingerprint density at radius 2 is 1.54 bits per heavy atom. The van der Waals surface area contributed by atoms with Gasteiger partial charge in [-0.25, -0.2) is 0 Å². The van der Waals surface area contributed by atoms with Crippen LogP contribution in [0, 0.1) is 0 Å². The lowest BCUT2D eigenvalue weighted by Gasteiger charge is -2.04. The molecule has 0 aliphatic rings. The Kier molecular flexibility index (Phi) is 10.8. The third kappa shape index (κ3) is 7.55. The number of rotatable bonds is 6. The van der Waals surface area contributed by atoms with Gasteiger partial charge >= 0.3 is 0 Å². The average Bonchev–Trinajstić information content (AvgIpc) is 3.03. The molecule has 2 aromatic rings. The zero-order valence-electron chi connectivity index (χ0n) is 17.7. The maximum Gasteiger partial charge on any atom is 0.268 e. The molecule has 0 aliphatic carbocycles. The summed E-state index contributed by atoms with van der Waals surface area (Å²) >= 11 is 2.96. The summed E-state index contributed by atoms with van der Waals surface area (Å²) in [7, 11) is 3.46. The van der Waals surface area contributed by atoms with Crippen molar-refractivity contribution in [2.24, 2.45) is 7.05 Å². The van der Waals surface area contributed by atoms with Gasteiger partial charge in [-0.05, 0) is 24.4 Å². The van der Waals surface area contributed by atoms with Gasteiger partial charge < -0.3 is 4.57 Å². The summed E-state index contributed by atoms with van der Waals surface area (Å²) < 4.78 is 6.74. The van der Waals surface area contributed by atoms with E-state index in [9.17, 15) is 9.59 Å². The molecular weight excluding hydrogens is 426 g/mol. The van der Waals surface area contributed by atoms with Gasteiger partial charge in [-0.2, -0.15) is 0 Å². The van der Waals surface area contributed by atoms with Gasteiger partial charge in [-0.3, -0.25) is 14.2 Å². The summed E-state index contributed by atoms with van der Waals surface area (Å²) in [6, 6.07) is 0. The standard InChI is InChI=1S/2C10H16NOPS/c1-7(2)13-6-5-9-10(12)11(4)8(3)14-9;1-5-9-10(12)11(8(4)14-9)6-13-7(2)3/h5,7,13H,3,6H2,1-2,4H3;5,7,13H,4,6H2,1-3H3/b2*9-5-. The molecule has 0 aromatic carbocycles. The van der Waals surface area contributed by atoms with Crippen molar-refractivity contribution >= 4 is 65.1 Å². The summed E-state index contributed by atoms with van der Waals surface area (Å²) in [5.74, 6) is 0. The van der Waals surface area contributed by atoms with E-state index in [0.29, 0.717) is 11.3 Å². The molecule has 2 aromatic heterocycles. The van der Waals surface area contributed by atoms with Crippen LogP contribution in [0.5, 0.6) is 0 Å². The predicted octanol–water partition coefficient (Wildman–Crippen LogP) is 1.89. The lowest BCUT2D eigenvalue weighted by Crippen LogP contribution is -2.30. The first kappa shape index (κ1) is 25.2. The Labute approximate surface area is 178 Å². The van der Waals surface area contributed by atoms with Gasteiger partial charge in [0.05, 0.1) is 18.4 Å². The lowest BCUT2D eigenvalue weighted by molar-refractivity contribution is 0.826. The number of aromatic nitrogens is 2. The Morgan fingerprint density at radius 1 is 0.964 bits per heavy atom. The summed E-state index contributed by atoms with van der Waals surface area (Å²) in [6.07, 6.45) is 5.73. The second-order valence-corrected chi connectivity index (χ2v) is 13.0. The molecule has 0 spiro atoms. The Morgan fingerprint density at radius 3 is 1.96 bits per heavy atom. The minimum atomic E-state index is 0.0913. The van der Waals surface area contributed by atoms with E-state index in [4.69, 9.17) is 0 Å². The minimum absolute atomic E-state index is 0.0913. The van der Waals surface area contributed by atoms with Crippen molar-refractivity contribution in [3.05, 3.63) is 39.1 Å². The Bertz CT molecular complexity index is 1090. The van der Waals surface area contributed by atoms with Gasteiger partial charge in [-0.15, -0.1) is 31.3 Å². The second-order valence-electron chi connectivity index (χ2n) is 6.89. The van der Waals surface area contributed by atoms with Crippen LogP contribution in [0.4, 0.5) is 0 Å². The van der Waals surface area contributed by atoms with E-state index in [1.807, 2.05) is 19.1 Å². The van der Waals surface area contributed by atoms with Gasteiger partial charge in [0.1, 0.15) is 0 Å². The molecule has 4 nitrogen and oxygen atoms in total. The SMILES string of the molecule is C=c1s/c(=C\C)c(=O)n1CPC(C)C.C=c1s/c(=C\CPC(C)C)c(=O)n1C. The van der Waals surface area contributed by atoms with Crippen LogP contribution >= 0.6 is 39.8 Å². The van der Waals surface area contributed by atoms with Crippen LogP contribution in [-0.4, -0.2) is 26.6 Å². The molecule has 0 saturated carbocycles. The largest absolute Gasteiger partial charge is 0.303 e. The normalized spacial score (nSPS) is 13.6. The highest BCUT2D eigenvalue weighted by molar-refractivity contribution is 7.39. The van der Waals surface area contributed by atoms with Crippen LogP contribution in [0.1, 0.15) is 34.6 Å². The van der Waals surface area contributed by atoms with E-state index in [1.54, 1.807) is 16.2 Å². The van der Waals surface area contributed by atoms with E-state index in [-0.39, 0.29) is 11.1 Å². The molecule has 0 aliphatic heterocycles. The van der Waals surface area contributed by atoms with E-state index < -0.39 is 0 Å². The van der Waals surface area contributed by atoms with Crippen molar-refractivity contribution < 1.29 is 0 Å². The van der Waals surface area contributed by atoms with Crippen molar-refractivity contribution in [1.82, 2.24) is 9.13 Å². The molecule has 0 amide bonds. The van der Waals surface area contributed by atoms with Gasteiger partial charge in [0.2, 0.25) is 0 Å². The van der Waals surface area contributed by atoms with Crippen molar-refractivity contribution in [1.29, 1.82) is 0 Å². The molecule has 0 N–H and O–H groups in total. The van der Waals surface area contributed by atoms with Crippen LogP contribution in [0.15, 0.2) is 9.59 Å². The fourth-order valence-electron chi connectivity index (χ4n) is 2.12. The highest BCUT2D eigenvalue weighted by Gasteiger charge is 2.02. The molecule has 0 bridgehead atoms. The first-order valence-corrected chi connectivity index (χ1v) is 13.4. The molecule has 156 valence electrons. The monoisotopic (exact) mass is 458 g/mol. The zero-order chi connectivity index (χ0) is 21.4. The maximum absolute atomic E-state index is 11.7. The molecule has 2 heterocycles. The van der Waals surface area contributed by atoms with Gasteiger partial charge in [0.25, 0.3) is 11.1 Å². The van der Waals surface area contributed by atoms with Crippen LogP contribution in [0.25, 0.3) is 25.3 Å². The van der Waals surface area contributed by atoms with Crippen LogP contribution in [0.3, 0.4) is 0 Å². The van der Waals surface area contributed by atoms with E-state index in [0.717, 1.165) is 48.0 Å². The molecule has 0 fully saturated rings. The van der Waals surface area contributed by atoms with Crippen LogP contribution in [0.2, 0.25) is 0 Å². The predicted molar refractivity (Wildman–Crippen MR) is 134 cm³/mol. The van der Waals surface area contributed by atoms with E-state index >= 15 is 0 Å². The van der Waals surface area contributed by atoms with Gasteiger partial charge in [-0.1, -0.05) is 61.6 Å². The molecule has 2 rings (SSSR count). The topological polar surface area (TPSA) is 44.0 Å². The fourth-order valence-corrected chi connectivity index (χ4v) is 5.75. The number of hydrogen-bond donors (Lipinski definition) is 0. The van der Waals surface area contributed by atoms with Gasteiger partial charge in [0.15, 0.2) is 0 Å². The molecule has 0 saturated heterocycles. The highest BCUT2D eigenvalue weighted by atomic mass is 32.1. The number of thiazole rings is 2. The number of hydrogen-bond acceptors (Lipinski definition) is 4. The Hall–Kier alpha value is -0.800. The fraction of sp³-hybridized carbons (Fsp3) is 0.500. The van der Waals surface area contributed by atoms with Crippen molar-refractivity contribution in [2.45, 2.75) is 52.2 Å². The van der Waals surface area contributed by atoms with E-state index in [2.05, 4.69) is 40.9 Å². The smallest absolute Gasteiger partial charge is 0.268 e. The minimum Gasteiger partial charge on any atom is -0.303 e. The average molecular weight is 459 g/mol. The van der Waals surface area contributed by atoms with Crippen LogP contribution in [-0.2, 0) is 13.3 Å². The molecular formula is C20H32N2O2P2S2. The molecule has 8 heteroatoms. The first-order valence-electron chi connectivity index (χ1n) is 9.25. The number of nitrogens with zero attached hydrogens (tertiary/aromatic N) is 2. The van der Waals surface area contributed by atoms with E-state index in [1.165, 1.54) is 22.7 Å². The second kappa shape index (κ2) is 12.0. The molecule has 2 unspecified atom stereocenters. The third-order valence-corrected chi connectivity index (χ3v) is 8.56. The Balaban J connectivity index is 0.000000280. The summed E-state index contributed by atoms with van der Waals surface area (Å²) in [5, 5.41) is 0. The quantitative estimate of drug-likeness (QED) is 0.621. The maximum atomic E-state index is 11.7. The first-order chi connectivity index (χ1) is 13.1. The van der Waals surface area contributed by atoms with Gasteiger partial charge in [0, 0.05) is 13.3 Å². The van der Waals surface area contributed by atoms with Crippen LogP contribution < -0.4 is 29.5 Å². The molecule has 28 heavy (non-hydrogen) atoms. The highest BCUT2D eigenvalue weighted by Crippen LogP contribution is 2.18. The van der Waals surface area contributed by atoms with Crippen molar-refractivity contribution in [3.63, 3.8) is 0 Å². The lowest BCUT2D eigenvalue weighted by atomic mass is 10.6. The molecule has 0 radical (unpaired) electrons. The third-order valence-electron chi connectivity index (χ3n) is 3.84. The zero-order valence-corrected chi connectivity index (χ0v) is 21.3. The summed E-state index contributed by atoms with van der Waals surface area (Å²) in [5.41, 5.74) is 1.58. The summed E-state index contributed by atoms with van der Waals surface area (Å²) in [4.78, 5) is 23.3. The van der Waals surface area contributed by atoms with Crippen molar-refractivity contribution in [3.8, 4) is 0 Å². The van der Waals surface area contributed by atoms with Crippen molar-refractivity contribution in [2.75, 3.05) is 6.16 Å². The molecule has 2 atom stereocenters. The summed E-state index contributed by atoms with van der Waals surface area (Å²) in [6.45, 7) is 18.3.